The summed E-state index contributed by atoms with van der Waals surface area (Å²) in [5.74, 6) is -0.198. The van der Waals surface area contributed by atoms with E-state index in [4.69, 9.17) is 16.3 Å². The van der Waals surface area contributed by atoms with Crippen molar-refractivity contribution >= 4 is 28.8 Å². The van der Waals surface area contributed by atoms with E-state index in [2.05, 4.69) is 5.32 Å². The van der Waals surface area contributed by atoms with E-state index in [1.807, 2.05) is 37.3 Å². The van der Waals surface area contributed by atoms with Gasteiger partial charge in [0, 0.05) is 23.6 Å². The number of halogens is 1. The second-order valence-electron chi connectivity index (χ2n) is 4.95. The molecule has 0 aliphatic carbocycles. The predicted molar refractivity (Wildman–Crippen MR) is 89.7 cm³/mol. The minimum atomic E-state index is -0.706. The van der Waals surface area contributed by atoms with Crippen LogP contribution in [-0.2, 0) is 4.74 Å². The molecule has 1 atom stereocenters. The highest BCUT2D eigenvalue weighted by Crippen LogP contribution is 2.33. The first kappa shape index (κ1) is 17.0. The third-order valence-corrected chi connectivity index (χ3v) is 4.61. The Morgan fingerprint density at radius 2 is 2.23 bits per heavy atom. The van der Waals surface area contributed by atoms with Crippen molar-refractivity contribution in [1.82, 2.24) is 5.32 Å². The SMILES string of the molecule is COCC(O)CNC(=O)c1cc(C)c(-c2cccc(Cl)c2)s1. The molecule has 0 saturated carbocycles. The molecule has 1 aromatic heterocycles. The van der Waals surface area contributed by atoms with Gasteiger partial charge in [0.15, 0.2) is 0 Å². The fraction of sp³-hybridized carbons (Fsp3) is 0.312. The molecule has 0 bridgehead atoms. The van der Waals surface area contributed by atoms with E-state index in [-0.39, 0.29) is 19.1 Å². The van der Waals surface area contributed by atoms with Crippen molar-refractivity contribution in [3.05, 3.63) is 45.8 Å². The van der Waals surface area contributed by atoms with Crippen LogP contribution in [0.5, 0.6) is 0 Å². The molecule has 22 heavy (non-hydrogen) atoms. The Bertz CT molecular complexity index is 657. The van der Waals surface area contributed by atoms with Crippen molar-refractivity contribution in [3.8, 4) is 10.4 Å². The van der Waals surface area contributed by atoms with Gasteiger partial charge in [0.1, 0.15) is 0 Å². The Kier molecular flexibility index (Phi) is 5.97. The summed E-state index contributed by atoms with van der Waals surface area (Å²) in [7, 11) is 1.50. The van der Waals surface area contributed by atoms with Gasteiger partial charge in [0.05, 0.1) is 17.6 Å². The Morgan fingerprint density at radius 1 is 1.45 bits per heavy atom. The van der Waals surface area contributed by atoms with Gasteiger partial charge in [-0.05, 0) is 36.2 Å². The summed E-state index contributed by atoms with van der Waals surface area (Å²) in [6.45, 7) is 2.32. The number of hydrogen-bond donors (Lipinski definition) is 2. The van der Waals surface area contributed by atoms with Crippen molar-refractivity contribution in [2.24, 2.45) is 0 Å². The lowest BCUT2D eigenvalue weighted by Gasteiger charge is -2.09. The van der Waals surface area contributed by atoms with E-state index in [9.17, 15) is 9.90 Å². The van der Waals surface area contributed by atoms with E-state index < -0.39 is 6.10 Å². The van der Waals surface area contributed by atoms with Gasteiger partial charge in [-0.1, -0.05) is 23.7 Å². The number of aryl methyl sites for hydroxylation is 1. The van der Waals surface area contributed by atoms with Crippen molar-refractivity contribution in [3.63, 3.8) is 0 Å². The van der Waals surface area contributed by atoms with Crippen LogP contribution in [-0.4, -0.2) is 37.4 Å². The van der Waals surface area contributed by atoms with E-state index in [0.717, 1.165) is 16.0 Å². The van der Waals surface area contributed by atoms with E-state index in [1.54, 1.807) is 0 Å². The standard InChI is InChI=1S/C16H18ClNO3S/c1-10-6-14(16(20)18-8-13(19)9-21-2)22-15(10)11-4-3-5-12(17)7-11/h3-7,13,19H,8-9H2,1-2H3,(H,18,20). The third-order valence-electron chi connectivity index (χ3n) is 3.09. The van der Waals surface area contributed by atoms with Crippen LogP contribution in [0.3, 0.4) is 0 Å². The fourth-order valence-electron chi connectivity index (χ4n) is 2.06. The number of methoxy groups -OCH3 is 1. The molecular formula is C16H18ClNO3S. The zero-order valence-electron chi connectivity index (χ0n) is 12.4. The first-order chi connectivity index (χ1) is 10.5. The van der Waals surface area contributed by atoms with Gasteiger partial charge in [-0.15, -0.1) is 11.3 Å². The van der Waals surface area contributed by atoms with E-state index >= 15 is 0 Å². The molecule has 2 N–H and O–H groups in total. The van der Waals surface area contributed by atoms with Crippen LogP contribution in [0.1, 0.15) is 15.2 Å². The molecule has 1 heterocycles. The summed E-state index contributed by atoms with van der Waals surface area (Å²) >= 11 is 7.43. The topological polar surface area (TPSA) is 58.6 Å². The molecular weight excluding hydrogens is 322 g/mol. The summed E-state index contributed by atoms with van der Waals surface area (Å²) in [4.78, 5) is 13.8. The molecule has 0 aliphatic heterocycles. The molecule has 0 fully saturated rings. The number of carbonyl (C=O) groups excluding carboxylic acids is 1. The minimum Gasteiger partial charge on any atom is -0.389 e. The summed E-state index contributed by atoms with van der Waals surface area (Å²) in [6.07, 6.45) is -0.706. The van der Waals surface area contributed by atoms with Crippen LogP contribution in [0.4, 0.5) is 0 Å². The molecule has 1 aromatic carbocycles. The van der Waals surface area contributed by atoms with Crippen molar-refractivity contribution in [1.29, 1.82) is 0 Å². The Morgan fingerprint density at radius 3 is 2.91 bits per heavy atom. The molecule has 1 unspecified atom stereocenters. The normalized spacial score (nSPS) is 12.2. The maximum Gasteiger partial charge on any atom is 0.261 e. The molecule has 4 nitrogen and oxygen atoms in total. The quantitative estimate of drug-likeness (QED) is 0.850. The van der Waals surface area contributed by atoms with Gasteiger partial charge in [-0.2, -0.15) is 0 Å². The van der Waals surface area contributed by atoms with Crippen LogP contribution in [0.25, 0.3) is 10.4 Å². The highest BCUT2D eigenvalue weighted by Gasteiger charge is 2.15. The first-order valence-electron chi connectivity index (χ1n) is 6.83. The van der Waals surface area contributed by atoms with E-state index in [0.29, 0.717) is 9.90 Å². The predicted octanol–water partition coefficient (Wildman–Crippen LogP) is 3.11. The molecule has 118 valence electrons. The number of hydrogen-bond acceptors (Lipinski definition) is 4. The molecule has 6 heteroatoms. The van der Waals surface area contributed by atoms with Gasteiger partial charge < -0.3 is 15.2 Å². The molecule has 0 radical (unpaired) electrons. The summed E-state index contributed by atoms with van der Waals surface area (Å²) in [6, 6.07) is 9.40. The Balaban J connectivity index is 2.11. The Labute approximate surface area is 138 Å². The number of aliphatic hydroxyl groups is 1. The van der Waals surface area contributed by atoms with E-state index in [1.165, 1.54) is 18.4 Å². The zero-order valence-corrected chi connectivity index (χ0v) is 14.0. The van der Waals surface area contributed by atoms with Crippen LogP contribution < -0.4 is 5.32 Å². The number of rotatable bonds is 6. The van der Waals surface area contributed by atoms with Crippen LogP contribution >= 0.6 is 22.9 Å². The average molecular weight is 340 g/mol. The average Bonchev–Trinajstić information content (AvgIpc) is 2.87. The summed E-state index contributed by atoms with van der Waals surface area (Å²) < 4.78 is 4.82. The summed E-state index contributed by atoms with van der Waals surface area (Å²) in [5, 5.41) is 12.9. The lowest BCUT2D eigenvalue weighted by Crippen LogP contribution is -2.33. The van der Waals surface area contributed by atoms with Crippen molar-refractivity contribution in [2.45, 2.75) is 13.0 Å². The highest BCUT2D eigenvalue weighted by atomic mass is 35.5. The molecule has 2 rings (SSSR count). The van der Waals surface area contributed by atoms with Gasteiger partial charge in [0.2, 0.25) is 0 Å². The van der Waals surface area contributed by atoms with Crippen LogP contribution in [0.2, 0.25) is 5.02 Å². The molecule has 0 spiro atoms. The minimum absolute atomic E-state index is 0.163. The zero-order chi connectivity index (χ0) is 16.1. The van der Waals surface area contributed by atoms with Crippen molar-refractivity contribution in [2.75, 3.05) is 20.3 Å². The number of benzene rings is 1. The monoisotopic (exact) mass is 339 g/mol. The molecule has 2 aromatic rings. The fourth-order valence-corrected chi connectivity index (χ4v) is 3.33. The van der Waals surface area contributed by atoms with Crippen LogP contribution in [0.15, 0.2) is 30.3 Å². The van der Waals surface area contributed by atoms with Gasteiger partial charge in [-0.25, -0.2) is 0 Å². The number of amides is 1. The third kappa shape index (κ3) is 4.30. The summed E-state index contributed by atoms with van der Waals surface area (Å²) in [5.41, 5.74) is 2.02. The molecule has 0 aliphatic rings. The smallest absolute Gasteiger partial charge is 0.261 e. The largest absolute Gasteiger partial charge is 0.389 e. The number of carbonyl (C=O) groups is 1. The molecule has 1 amide bonds. The number of nitrogens with one attached hydrogen (secondary N) is 1. The van der Waals surface area contributed by atoms with Crippen molar-refractivity contribution < 1.29 is 14.6 Å². The second-order valence-corrected chi connectivity index (χ2v) is 6.44. The first-order valence-corrected chi connectivity index (χ1v) is 8.02. The highest BCUT2D eigenvalue weighted by molar-refractivity contribution is 7.17. The number of aliphatic hydroxyl groups excluding tert-OH is 1. The maximum absolute atomic E-state index is 12.1. The Hall–Kier alpha value is -1.40. The number of ether oxygens (including phenoxy) is 1. The van der Waals surface area contributed by atoms with Gasteiger partial charge in [-0.3, -0.25) is 4.79 Å². The molecule has 0 saturated heterocycles. The number of thiophene rings is 1. The lowest BCUT2D eigenvalue weighted by atomic mass is 10.1. The second kappa shape index (κ2) is 7.74. The van der Waals surface area contributed by atoms with Gasteiger partial charge in [0.25, 0.3) is 5.91 Å². The maximum atomic E-state index is 12.1. The van der Waals surface area contributed by atoms with Gasteiger partial charge >= 0.3 is 0 Å². The van der Waals surface area contributed by atoms with Crippen LogP contribution in [0, 0.1) is 6.92 Å². The lowest BCUT2D eigenvalue weighted by molar-refractivity contribution is 0.0611.